The second-order valence-electron chi connectivity index (χ2n) is 16.5. The summed E-state index contributed by atoms with van der Waals surface area (Å²) in [6.45, 7) is 29.7. The van der Waals surface area contributed by atoms with E-state index in [1.807, 2.05) is 63.9 Å². The van der Waals surface area contributed by atoms with Crippen LogP contribution in [0.1, 0.15) is 86.4 Å². The van der Waals surface area contributed by atoms with Gasteiger partial charge in [0, 0.05) is 32.1 Å². The van der Waals surface area contributed by atoms with Crippen molar-refractivity contribution in [1.82, 2.24) is 38.8 Å². The third-order valence-corrected chi connectivity index (χ3v) is 14.7. The first kappa shape index (κ1) is 43.2. The van der Waals surface area contributed by atoms with Crippen molar-refractivity contribution in [3.05, 3.63) is 46.0 Å². The summed E-state index contributed by atoms with van der Waals surface area (Å²) >= 11 is 2.26. The van der Waals surface area contributed by atoms with Gasteiger partial charge in [-0.3, -0.25) is 14.0 Å². The topological polar surface area (TPSA) is 132 Å². The third-order valence-electron chi connectivity index (χ3n) is 9.06. The zero-order valence-electron chi connectivity index (χ0n) is 34.5. The summed E-state index contributed by atoms with van der Waals surface area (Å²) in [6.07, 6.45) is 5.87. The highest BCUT2D eigenvalue weighted by Gasteiger charge is 2.39. The fourth-order valence-electron chi connectivity index (χ4n) is 5.67. The van der Waals surface area contributed by atoms with Crippen molar-refractivity contribution in [3.63, 3.8) is 0 Å². The van der Waals surface area contributed by atoms with Crippen LogP contribution in [0.25, 0.3) is 22.9 Å². The molecule has 0 saturated carbocycles. The Morgan fingerprint density at radius 2 is 1.72 bits per heavy atom. The number of carbonyl (C=O) groups is 1. The zero-order valence-corrected chi connectivity index (χ0v) is 37.6. The molecule has 0 aliphatic rings. The van der Waals surface area contributed by atoms with Crippen LogP contribution in [-0.2, 0) is 40.6 Å². The molecule has 0 aliphatic heterocycles. The van der Waals surface area contributed by atoms with E-state index >= 15 is 0 Å². The average Bonchev–Trinajstić information content (AvgIpc) is 3.67. The molecule has 4 heterocycles. The molecule has 298 valence electrons. The van der Waals surface area contributed by atoms with E-state index in [-0.39, 0.29) is 36.9 Å². The van der Waals surface area contributed by atoms with E-state index in [0.29, 0.717) is 35.5 Å². The lowest BCUT2D eigenvalue weighted by Crippen LogP contribution is -2.44. The molecule has 0 aliphatic carbocycles. The molecule has 0 fully saturated rings. The van der Waals surface area contributed by atoms with Crippen molar-refractivity contribution in [2.45, 2.75) is 131 Å². The largest absolute Gasteiger partial charge is 0.473 e. The minimum absolute atomic E-state index is 0.0491. The number of methoxy groups -OCH3 is 1. The van der Waals surface area contributed by atoms with Gasteiger partial charge in [-0.05, 0) is 95.3 Å². The molecule has 0 aromatic carbocycles. The first-order valence-electron chi connectivity index (χ1n) is 18.3. The lowest BCUT2D eigenvalue weighted by atomic mass is 10.1. The van der Waals surface area contributed by atoms with Crippen molar-refractivity contribution in [3.8, 4) is 22.9 Å². The summed E-state index contributed by atoms with van der Waals surface area (Å²) in [6, 6.07) is 0. The Hall–Kier alpha value is -3.48. The number of amides is 1. The molecule has 2 atom stereocenters. The first-order chi connectivity index (χ1) is 25.0. The molecule has 4 aromatic heterocycles. The molecule has 0 bridgehead atoms. The van der Waals surface area contributed by atoms with E-state index in [1.54, 1.807) is 35.2 Å². The Labute approximate surface area is 334 Å². The fourth-order valence-corrected chi connectivity index (χ4v) is 7.79. The summed E-state index contributed by atoms with van der Waals surface area (Å²) in [5, 5.41) is 9.68. The molecule has 0 spiro atoms. The van der Waals surface area contributed by atoms with Crippen LogP contribution in [0.15, 0.2) is 25.2 Å². The summed E-state index contributed by atoms with van der Waals surface area (Å²) in [7, 11) is 1.38. The van der Waals surface area contributed by atoms with Crippen molar-refractivity contribution in [1.29, 1.82) is 0 Å². The first-order valence-corrected chi connectivity index (χ1v) is 22.3. The van der Waals surface area contributed by atoms with Gasteiger partial charge in [-0.2, -0.15) is 5.10 Å². The van der Waals surface area contributed by atoms with Crippen LogP contribution >= 0.6 is 22.6 Å². The molecule has 4 aromatic rings. The van der Waals surface area contributed by atoms with Crippen LogP contribution in [0.3, 0.4) is 0 Å². The van der Waals surface area contributed by atoms with E-state index in [2.05, 4.69) is 79.9 Å². The number of nitrogens with zero attached hydrogens (tertiary/aromatic N) is 8. The maximum Gasteiger partial charge on any atom is 0.410 e. The lowest BCUT2D eigenvalue weighted by Gasteiger charge is -2.38. The molecular weight excluding hydrogens is 819 g/mol. The number of aromatic nitrogens is 7. The number of hydrogen-bond acceptors (Lipinski definition) is 10. The van der Waals surface area contributed by atoms with E-state index in [9.17, 15) is 4.79 Å². The number of imidazole rings is 1. The van der Waals surface area contributed by atoms with Gasteiger partial charge in [0.2, 0.25) is 11.8 Å². The smallest absolute Gasteiger partial charge is 0.410 e. The van der Waals surface area contributed by atoms with Crippen LogP contribution in [0, 0.1) is 3.57 Å². The minimum Gasteiger partial charge on any atom is -0.473 e. The summed E-state index contributed by atoms with van der Waals surface area (Å²) < 4.78 is 37.3. The van der Waals surface area contributed by atoms with Crippen molar-refractivity contribution >= 4 is 48.7 Å². The van der Waals surface area contributed by atoms with Gasteiger partial charge in [-0.1, -0.05) is 27.4 Å². The Bertz CT molecular complexity index is 1920. The van der Waals surface area contributed by atoms with Gasteiger partial charge in [-0.25, -0.2) is 19.4 Å². The van der Waals surface area contributed by atoms with E-state index in [4.69, 9.17) is 33.6 Å². The highest BCUT2D eigenvalue weighted by atomic mass is 127. The van der Waals surface area contributed by atoms with Crippen LogP contribution in [0.4, 0.5) is 4.79 Å². The quantitative estimate of drug-likeness (QED) is 0.0803. The summed E-state index contributed by atoms with van der Waals surface area (Å²) in [5.74, 6) is 1.68. The monoisotopic (exact) mass is 878 g/mol. The number of rotatable bonds is 16. The molecule has 0 N–H and O–H groups in total. The molecule has 1 amide bonds. The highest BCUT2D eigenvalue weighted by Crippen LogP contribution is 2.38. The number of hydrogen-bond donors (Lipinski definition) is 0. The molecule has 14 nitrogen and oxygen atoms in total. The number of ether oxygens (including phenoxy) is 4. The van der Waals surface area contributed by atoms with Gasteiger partial charge in [-0.15, -0.1) is 5.10 Å². The number of aryl methyl sites for hydroxylation is 1. The predicted octanol–water partition coefficient (Wildman–Crippen LogP) is 8.12. The van der Waals surface area contributed by atoms with Gasteiger partial charge < -0.3 is 23.4 Å². The molecular formula is C38H59IN8O6Si. The van der Waals surface area contributed by atoms with Gasteiger partial charge in [0.15, 0.2) is 14.0 Å². The van der Waals surface area contributed by atoms with Crippen molar-refractivity contribution in [2.75, 3.05) is 13.7 Å². The van der Waals surface area contributed by atoms with Crippen LogP contribution in [0.5, 0.6) is 11.8 Å². The van der Waals surface area contributed by atoms with Crippen LogP contribution in [-0.4, -0.2) is 90.8 Å². The number of fused-ring (bicyclic) bond motifs is 1. The standard InChI is InChI=1S/C38H59IN8O6Si/c1-16-30-41-18-31-40-17-27(21-46(30)31)32-28(23-49-13)42-44(12)35(32)51-25(4)19-45(36(48)52-37(6,7)8)22-29-33(39)34(50-24(2)3)43-47(29)20-26(5)53-54(14,15)38(9,10)11/h16-18,21,24-26H,1,19-20,22-23H2,2-15H3/t25-,26-/m0/s1. The zero-order chi connectivity index (χ0) is 40.3. The Kier molecular flexibility index (Phi) is 13.7. The van der Waals surface area contributed by atoms with Crippen LogP contribution < -0.4 is 9.47 Å². The molecule has 16 heteroatoms. The predicted molar refractivity (Wildman–Crippen MR) is 221 cm³/mol. The van der Waals surface area contributed by atoms with Gasteiger partial charge in [0.25, 0.3) is 0 Å². The van der Waals surface area contributed by atoms with Gasteiger partial charge >= 0.3 is 6.09 Å². The Morgan fingerprint density at radius 1 is 1.04 bits per heavy atom. The van der Waals surface area contributed by atoms with Gasteiger partial charge in [0.05, 0.1) is 59.5 Å². The van der Waals surface area contributed by atoms with Crippen molar-refractivity contribution in [2.24, 2.45) is 7.05 Å². The molecule has 54 heavy (non-hydrogen) atoms. The summed E-state index contributed by atoms with van der Waals surface area (Å²) in [4.78, 5) is 24.7. The second kappa shape index (κ2) is 17.1. The van der Waals surface area contributed by atoms with Crippen molar-refractivity contribution < 1.29 is 28.2 Å². The normalized spacial score (nSPS) is 13.7. The fraction of sp³-hybridized carbons (Fsp3) is 0.605. The van der Waals surface area contributed by atoms with Gasteiger partial charge in [0.1, 0.15) is 23.2 Å². The third kappa shape index (κ3) is 10.4. The van der Waals surface area contributed by atoms with Crippen LogP contribution in [0.2, 0.25) is 18.1 Å². The summed E-state index contributed by atoms with van der Waals surface area (Å²) in [5.41, 5.74) is 2.95. The number of halogens is 1. The number of carbonyl (C=O) groups excluding carboxylic acids is 1. The van der Waals surface area contributed by atoms with E-state index in [1.165, 1.54) is 0 Å². The molecule has 0 saturated heterocycles. The highest BCUT2D eigenvalue weighted by molar-refractivity contribution is 14.1. The Balaban J connectivity index is 1.71. The Morgan fingerprint density at radius 3 is 2.31 bits per heavy atom. The molecule has 4 rings (SSSR count). The maximum atomic E-state index is 14.0. The maximum absolute atomic E-state index is 14.0. The van der Waals surface area contributed by atoms with E-state index in [0.717, 1.165) is 20.4 Å². The minimum atomic E-state index is -2.06. The SMILES string of the molecule is C=Cc1ncc2ncc(-c3c(COC)nn(C)c3O[C@@H](C)CN(Cc3c(I)c(OC(C)C)nn3C[C@H](C)O[Si](C)(C)C(C)(C)C)C(=O)OC(C)(C)C)cn12. The molecule has 0 radical (unpaired) electrons. The average molecular weight is 879 g/mol. The molecule has 0 unspecified atom stereocenters. The second-order valence-corrected chi connectivity index (χ2v) is 22.3. The lowest BCUT2D eigenvalue weighted by molar-refractivity contribution is 0.0150. The van der Waals surface area contributed by atoms with E-state index < -0.39 is 26.1 Å².